The molecule has 2 nitrogen and oxygen atoms in total. The van der Waals surface area contributed by atoms with Crippen LogP contribution in [0.4, 0.5) is 0 Å². The smallest absolute Gasteiger partial charge is 0.0928 e. The molecule has 1 aromatic rings. The average molecular weight is 212 g/mol. The highest BCUT2D eigenvalue weighted by atomic mass is 32.1. The lowest BCUT2D eigenvalue weighted by atomic mass is 9.94. The van der Waals surface area contributed by atoms with E-state index in [0.29, 0.717) is 0 Å². The second kappa shape index (κ2) is 6.14. The zero-order valence-corrected chi connectivity index (χ0v) is 10.1. The maximum atomic E-state index is 4.34. The van der Waals surface area contributed by atoms with E-state index in [1.54, 1.807) is 11.3 Å². The first kappa shape index (κ1) is 11.7. The topological polar surface area (TPSA) is 24.9 Å². The van der Waals surface area contributed by atoms with Crippen LogP contribution in [-0.4, -0.2) is 18.6 Å². The molecule has 1 rings (SSSR count). The molecule has 0 aromatic carbocycles. The number of hydrogen-bond donors (Lipinski definition) is 1. The van der Waals surface area contributed by atoms with Crippen molar-refractivity contribution < 1.29 is 0 Å². The Morgan fingerprint density at radius 3 is 2.79 bits per heavy atom. The highest BCUT2D eigenvalue weighted by molar-refractivity contribution is 7.09. The van der Waals surface area contributed by atoms with E-state index in [1.165, 1.54) is 11.4 Å². The van der Waals surface area contributed by atoms with Crippen LogP contribution >= 0.6 is 11.3 Å². The van der Waals surface area contributed by atoms with E-state index in [4.69, 9.17) is 0 Å². The molecule has 1 atom stereocenters. The van der Waals surface area contributed by atoms with Gasteiger partial charge < -0.3 is 5.32 Å². The first-order chi connectivity index (χ1) is 6.72. The molecule has 1 N–H and O–H groups in total. The fraction of sp³-hybridized carbons (Fsp3) is 0.727. The zero-order valence-electron chi connectivity index (χ0n) is 9.29. The number of aromatic nitrogens is 1. The van der Waals surface area contributed by atoms with Crippen LogP contribution in [0.25, 0.3) is 0 Å². The van der Waals surface area contributed by atoms with Crippen molar-refractivity contribution >= 4 is 11.3 Å². The van der Waals surface area contributed by atoms with Crippen LogP contribution in [0.3, 0.4) is 0 Å². The third kappa shape index (κ3) is 4.20. The summed E-state index contributed by atoms with van der Waals surface area (Å²) in [5.74, 6) is 1.50. The van der Waals surface area contributed by atoms with Crippen molar-refractivity contribution in [2.75, 3.05) is 13.6 Å². The lowest BCUT2D eigenvalue weighted by Gasteiger charge is -2.17. The van der Waals surface area contributed by atoms with Crippen molar-refractivity contribution in [2.24, 2.45) is 11.8 Å². The third-order valence-electron chi connectivity index (χ3n) is 2.24. The number of rotatable bonds is 6. The van der Waals surface area contributed by atoms with Crippen molar-refractivity contribution in [3.63, 3.8) is 0 Å². The quantitative estimate of drug-likeness (QED) is 0.784. The molecule has 0 radical (unpaired) electrons. The first-order valence-electron chi connectivity index (χ1n) is 5.25. The summed E-state index contributed by atoms with van der Waals surface area (Å²) in [5.41, 5.74) is 0. The lowest BCUT2D eigenvalue weighted by Crippen LogP contribution is -2.22. The van der Waals surface area contributed by atoms with E-state index in [-0.39, 0.29) is 0 Å². The van der Waals surface area contributed by atoms with Crippen LogP contribution in [0.5, 0.6) is 0 Å². The van der Waals surface area contributed by atoms with Gasteiger partial charge in [-0.05, 0) is 31.8 Å². The Hall–Kier alpha value is -0.410. The molecular formula is C11H20N2S. The molecule has 0 aliphatic carbocycles. The van der Waals surface area contributed by atoms with Gasteiger partial charge in [0, 0.05) is 18.0 Å². The molecule has 0 aliphatic heterocycles. The van der Waals surface area contributed by atoms with E-state index in [2.05, 4.69) is 29.5 Å². The summed E-state index contributed by atoms with van der Waals surface area (Å²) in [6.07, 6.45) is 4.29. The van der Waals surface area contributed by atoms with Crippen molar-refractivity contribution in [1.29, 1.82) is 0 Å². The average Bonchev–Trinajstić information content (AvgIpc) is 2.56. The molecule has 3 heteroatoms. The van der Waals surface area contributed by atoms with Crippen LogP contribution in [0.1, 0.15) is 25.3 Å². The highest BCUT2D eigenvalue weighted by Gasteiger charge is 2.12. The summed E-state index contributed by atoms with van der Waals surface area (Å²) in [6.45, 7) is 5.66. The molecule has 0 fully saturated rings. The van der Waals surface area contributed by atoms with Crippen molar-refractivity contribution in [3.8, 4) is 0 Å². The minimum absolute atomic E-state index is 0.728. The van der Waals surface area contributed by atoms with Crippen LogP contribution in [0, 0.1) is 11.8 Å². The summed E-state index contributed by atoms with van der Waals surface area (Å²) < 4.78 is 0. The van der Waals surface area contributed by atoms with Gasteiger partial charge in [0.05, 0.1) is 5.01 Å². The Kier molecular flexibility index (Phi) is 5.12. The second-order valence-corrected chi connectivity index (χ2v) is 5.16. The maximum Gasteiger partial charge on any atom is 0.0928 e. The number of thiazole rings is 1. The molecule has 0 bridgehead atoms. The highest BCUT2D eigenvalue weighted by Crippen LogP contribution is 2.17. The van der Waals surface area contributed by atoms with Crippen LogP contribution in [-0.2, 0) is 6.42 Å². The number of nitrogens with one attached hydrogen (secondary N) is 1. The van der Waals surface area contributed by atoms with Gasteiger partial charge >= 0.3 is 0 Å². The number of nitrogens with zero attached hydrogens (tertiary/aromatic N) is 1. The van der Waals surface area contributed by atoms with E-state index in [9.17, 15) is 0 Å². The largest absolute Gasteiger partial charge is 0.319 e. The van der Waals surface area contributed by atoms with Gasteiger partial charge in [0.15, 0.2) is 0 Å². The van der Waals surface area contributed by atoms with Gasteiger partial charge in [-0.3, -0.25) is 0 Å². The van der Waals surface area contributed by atoms with Crippen molar-refractivity contribution in [2.45, 2.75) is 26.7 Å². The van der Waals surface area contributed by atoms with Crippen LogP contribution in [0.2, 0.25) is 0 Å². The minimum atomic E-state index is 0.728. The molecule has 0 saturated heterocycles. The predicted octanol–water partition coefficient (Wildman–Crippen LogP) is 2.57. The monoisotopic (exact) mass is 212 g/mol. The van der Waals surface area contributed by atoms with Gasteiger partial charge in [0.2, 0.25) is 0 Å². The van der Waals surface area contributed by atoms with E-state index < -0.39 is 0 Å². The van der Waals surface area contributed by atoms with Gasteiger partial charge in [0.25, 0.3) is 0 Å². The van der Waals surface area contributed by atoms with E-state index in [1.807, 2.05) is 13.2 Å². The fourth-order valence-electron chi connectivity index (χ4n) is 1.79. The molecule has 80 valence electrons. The fourth-order valence-corrected chi connectivity index (χ4v) is 2.53. The van der Waals surface area contributed by atoms with Gasteiger partial charge in [-0.1, -0.05) is 13.8 Å². The standard InChI is InChI=1S/C11H20N2S/c1-9(2)6-10(8-12-3)7-11-13-4-5-14-11/h4-5,9-10,12H,6-8H2,1-3H3. The summed E-state index contributed by atoms with van der Waals surface area (Å²) in [4.78, 5) is 4.34. The SMILES string of the molecule is CNCC(Cc1nccs1)CC(C)C. The minimum Gasteiger partial charge on any atom is -0.319 e. The Morgan fingerprint density at radius 2 is 2.29 bits per heavy atom. The summed E-state index contributed by atoms with van der Waals surface area (Å²) in [6, 6.07) is 0. The Morgan fingerprint density at radius 1 is 1.50 bits per heavy atom. The summed E-state index contributed by atoms with van der Waals surface area (Å²) >= 11 is 1.77. The second-order valence-electron chi connectivity index (χ2n) is 4.18. The van der Waals surface area contributed by atoms with Gasteiger partial charge in [-0.25, -0.2) is 4.98 Å². The molecule has 0 amide bonds. The molecule has 0 saturated carbocycles. The molecule has 1 heterocycles. The molecule has 0 aliphatic rings. The lowest BCUT2D eigenvalue weighted by molar-refractivity contribution is 0.395. The van der Waals surface area contributed by atoms with Gasteiger partial charge in [0.1, 0.15) is 0 Å². The van der Waals surface area contributed by atoms with E-state index in [0.717, 1.165) is 24.8 Å². The Labute approximate surface area is 90.8 Å². The molecule has 0 spiro atoms. The first-order valence-corrected chi connectivity index (χ1v) is 6.13. The molecule has 1 unspecified atom stereocenters. The predicted molar refractivity (Wildman–Crippen MR) is 62.7 cm³/mol. The Bertz CT molecular complexity index is 231. The third-order valence-corrected chi connectivity index (χ3v) is 3.05. The summed E-state index contributed by atoms with van der Waals surface area (Å²) in [5, 5.41) is 6.59. The Balaban J connectivity index is 2.42. The maximum absolute atomic E-state index is 4.34. The summed E-state index contributed by atoms with van der Waals surface area (Å²) in [7, 11) is 2.02. The van der Waals surface area contributed by atoms with Crippen molar-refractivity contribution in [3.05, 3.63) is 16.6 Å². The van der Waals surface area contributed by atoms with E-state index >= 15 is 0 Å². The van der Waals surface area contributed by atoms with Crippen molar-refractivity contribution in [1.82, 2.24) is 10.3 Å². The van der Waals surface area contributed by atoms with Gasteiger partial charge in [-0.2, -0.15) is 0 Å². The molecule has 14 heavy (non-hydrogen) atoms. The number of hydrogen-bond acceptors (Lipinski definition) is 3. The van der Waals surface area contributed by atoms with Crippen LogP contribution < -0.4 is 5.32 Å². The molecule has 1 aromatic heterocycles. The zero-order chi connectivity index (χ0) is 10.4. The normalized spacial score (nSPS) is 13.4. The van der Waals surface area contributed by atoms with Crippen LogP contribution in [0.15, 0.2) is 11.6 Å². The van der Waals surface area contributed by atoms with Gasteiger partial charge in [-0.15, -0.1) is 11.3 Å². The molecular weight excluding hydrogens is 192 g/mol.